The Kier molecular flexibility index (Phi) is 8.07. The third-order valence-corrected chi connectivity index (χ3v) is 3.74. The van der Waals surface area contributed by atoms with Gasteiger partial charge in [0.1, 0.15) is 5.75 Å². The lowest BCUT2D eigenvalue weighted by Gasteiger charge is -2.18. The minimum atomic E-state index is -4.23. The van der Waals surface area contributed by atoms with Gasteiger partial charge in [0.2, 0.25) is 13.6 Å². The molecule has 1 rings (SSSR count). The molecule has 0 saturated heterocycles. The molecule has 0 heterocycles. The molecule has 0 amide bonds. The Morgan fingerprint density at radius 3 is 1.76 bits per heavy atom. The van der Waals surface area contributed by atoms with E-state index in [9.17, 15) is 14.2 Å². The third kappa shape index (κ3) is 7.80. The van der Waals surface area contributed by atoms with Gasteiger partial charge in [-0.25, -0.2) is 23.2 Å². The maximum atomic E-state index is 12.6. The number of hydrogen-bond acceptors (Lipinski definition) is 8. The van der Waals surface area contributed by atoms with Crippen LogP contribution >= 0.6 is 7.82 Å². The van der Waals surface area contributed by atoms with Crippen molar-refractivity contribution < 1.29 is 37.2 Å². The zero-order valence-electron chi connectivity index (χ0n) is 13.9. The Hall–Kier alpha value is -2.41. The smallest absolute Gasteiger partial charge is 0.434 e. The highest BCUT2D eigenvalue weighted by atomic mass is 31.2. The fourth-order valence-corrected chi connectivity index (χ4v) is 2.16. The Labute approximate surface area is 145 Å². The molecule has 0 N–H and O–H groups in total. The van der Waals surface area contributed by atoms with Gasteiger partial charge < -0.3 is 14.0 Å². The molecule has 0 aromatic heterocycles. The van der Waals surface area contributed by atoms with E-state index in [1.807, 2.05) is 0 Å². The lowest BCUT2D eigenvalue weighted by molar-refractivity contribution is -0.148. The lowest BCUT2D eigenvalue weighted by atomic mass is 10.3. The van der Waals surface area contributed by atoms with Gasteiger partial charge in [-0.2, -0.15) is 0 Å². The minimum Gasteiger partial charge on any atom is -0.434 e. The standard InChI is InChI=1S/C16H19O8P/c1-12(2)15(17)20-10-22-25(19,23-11-21-16(18)13(3)4)24-14-8-6-5-7-9-14/h5-9H,1,3,10-11H2,2,4H3. The Bertz CT molecular complexity index is 647. The second kappa shape index (κ2) is 9.78. The fourth-order valence-electron chi connectivity index (χ4n) is 1.24. The molecular weight excluding hydrogens is 351 g/mol. The van der Waals surface area contributed by atoms with Gasteiger partial charge in [0.05, 0.1) is 0 Å². The normalized spacial score (nSPS) is 10.6. The summed E-state index contributed by atoms with van der Waals surface area (Å²) in [5.74, 6) is -1.29. The predicted molar refractivity (Wildman–Crippen MR) is 88.4 cm³/mol. The molecule has 8 nitrogen and oxygen atoms in total. The van der Waals surface area contributed by atoms with Crippen LogP contribution in [0.25, 0.3) is 0 Å². The average Bonchev–Trinajstić information content (AvgIpc) is 2.55. The summed E-state index contributed by atoms with van der Waals surface area (Å²) in [5, 5.41) is 0. The first-order valence-electron chi connectivity index (χ1n) is 7.02. The van der Waals surface area contributed by atoms with Crippen LogP contribution in [0.5, 0.6) is 5.75 Å². The molecule has 0 unspecified atom stereocenters. The summed E-state index contributed by atoms with van der Waals surface area (Å²) < 4.78 is 37.0. The van der Waals surface area contributed by atoms with E-state index in [1.165, 1.54) is 26.0 Å². The summed E-state index contributed by atoms with van der Waals surface area (Å²) >= 11 is 0. The summed E-state index contributed by atoms with van der Waals surface area (Å²) in [7, 11) is -4.23. The van der Waals surface area contributed by atoms with Gasteiger partial charge in [-0.05, 0) is 26.0 Å². The maximum Gasteiger partial charge on any atom is 0.535 e. The van der Waals surface area contributed by atoms with Crippen molar-refractivity contribution in [2.75, 3.05) is 13.6 Å². The second-order valence-electron chi connectivity index (χ2n) is 4.77. The van der Waals surface area contributed by atoms with Crippen LogP contribution in [-0.2, 0) is 32.7 Å². The summed E-state index contributed by atoms with van der Waals surface area (Å²) in [6.45, 7) is 8.26. The molecule has 0 saturated carbocycles. The van der Waals surface area contributed by atoms with Crippen LogP contribution < -0.4 is 4.52 Å². The number of ether oxygens (including phenoxy) is 2. The first kappa shape index (κ1) is 20.6. The summed E-state index contributed by atoms with van der Waals surface area (Å²) in [5.41, 5.74) is 0.275. The largest absolute Gasteiger partial charge is 0.535 e. The van der Waals surface area contributed by atoms with E-state index in [4.69, 9.17) is 13.6 Å². The quantitative estimate of drug-likeness (QED) is 0.268. The van der Waals surface area contributed by atoms with Crippen molar-refractivity contribution in [2.45, 2.75) is 13.8 Å². The van der Waals surface area contributed by atoms with Crippen molar-refractivity contribution >= 4 is 19.8 Å². The van der Waals surface area contributed by atoms with Crippen molar-refractivity contribution in [1.82, 2.24) is 0 Å². The first-order valence-corrected chi connectivity index (χ1v) is 8.48. The molecule has 1 aromatic rings. The number of esters is 2. The fraction of sp³-hybridized carbons (Fsp3) is 0.250. The summed E-state index contributed by atoms with van der Waals surface area (Å²) in [6.07, 6.45) is 0. The van der Waals surface area contributed by atoms with E-state index in [0.29, 0.717) is 0 Å². The Morgan fingerprint density at radius 1 is 0.920 bits per heavy atom. The zero-order valence-corrected chi connectivity index (χ0v) is 14.8. The van der Waals surface area contributed by atoms with Crippen molar-refractivity contribution in [3.8, 4) is 5.75 Å². The van der Waals surface area contributed by atoms with E-state index >= 15 is 0 Å². The molecule has 0 bridgehead atoms. The Morgan fingerprint density at radius 2 is 1.36 bits per heavy atom. The van der Waals surface area contributed by atoms with E-state index in [2.05, 4.69) is 22.6 Å². The van der Waals surface area contributed by atoms with Crippen molar-refractivity contribution in [3.63, 3.8) is 0 Å². The number of benzene rings is 1. The first-order chi connectivity index (χ1) is 11.7. The average molecular weight is 370 g/mol. The van der Waals surface area contributed by atoms with E-state index in [-0.39, 0.29) is 16.9 Å². The molecule has 136 valence electrons. The number of phosphoric acid groups is 1. The van der Waals surface area contributed by atoms with Crippen molar-refractivity contribution in [1.29, 1.82) is 0 Å². The molecule has 1 aromatic carbocycles. The van der Waals surface area contributed by atoms with Gasteiger partial charge in [-0.15, -0.1) is 0 Å². The van der Waals surface area contributed by atoms with Crippen molar-refractivity contribution in [2.24, 2.45) is 0 Å². The lowest BCUT2D eigenvalue weighted by Crippen LogP contribution is -2.13. The van der Waals surface area contributed by atoms with Crippen molar-refractivity contribution in [3.05, 3.63) is 54.6 Å². The molecule has 0 fully saturated rings. The number of carbonyl (C=O) groups is 2. The van der Waals surface area contributed by atoms with Crippen LogP contribution in [0.4, 0.5) is 0 Å². The number of carbonyl (C=O) groups excluding carboxylic acids is 2. The van der Waals surface area contributed by atoms with Gasteiger partial charge in [0.15, 0.2) is 0 Å². The van der Waals surface area contributed by atoms with Crippen LogP contribution in [0.3, 0.4) is 0 Å². The number of para-hydroxylation sites is 1. The third-order valence-electron chi connectivity index (χ3n) is 2.46. The minimum absolute atomic E-state index is 0.138. The molecular formula is C16H19O8P. The molecule has 9 heteroatoms. The van der Waals surface area contributed by atoms with Gasteiger partial charge in [0.25, 0.3) is 0 Å². The molecule has 0 aliphatic carbocycles. The maximum absolute atomic E-state index is 12.6. The van der Waals surface area contributed by atoms with Gasteiger partial charge >= 0.3 is 19.8 Å². The molecule has 0 aliphatic heterocycles. The topological polar surface area (TPSA) is 97.4 Å². The van der Waals surface area contributed by atoms with E-state index in [0.717, 1.165) is 0 Å². The highest BCUT2D eigenvalue weighted by Crippen LogP contribution is 2.49. The highest BCUT2D eigenvalue weighted by molar-refractivity contribution is 7.48. The summed E-state index contributed by atoms with van der Waals surface area (Å²) in [4.78, 5) is 22.6. The predicted octanol–water partition coefficient (Wildman–Crippen LogP) is 3.36. The van der Waals surface area contributed by atoms with E-state index < -0.39 is 33.3 Å². The molecule has 0 atom stereocenters. The van der Waals surface area contributed by atoms with Crippen LogP contribution in [-0.4, -0.2) is 25.5 Å². The van der Waals surface area contributed by atoms with Crippen LogP contribution in [0.2, 0.25) is 0 Å². The van der Waals surface area contributed by atoms with Gasteiger partial charge in [-0.3, -0.25) is 0 Å². The molecule has 0 radical (unpaired) electrons. The zero-order chi connectivity index (χ0) is 18.9. The van der Waals surface area contributed by atoms with Gasteiger partial charge in [0, 0.05) is 11.1 Å². The molecule has 0 aliphatic rings. The summed E-state index contributed by atoms with van der Waals surface area (Å²) in [6, 6.07) is 8.03. The highest BCUT2D eigenvalue weighted by Gasteiger charge is 2.30. The van der Waals surface area contributed by atoms with Crippen LogP contribution in [0.15, 0.2) is 54.6 Å². The number of phosphoric ester groups is 1. The molecule has 0 spiro atoms. The number of rotatable bonds is 10. The molecule has 25 heavy (non-hydrogen) atoms. The Balaban J connectivity index is 2.69. The number of hydrogen-bond donors (Lipinski definition) is 0. The monoisotopic (exact) mass is 370 g/mol. The van der Waals surface area contributed by atoms with Gasteiger partial charge in [-0.1, -0.05) is 31.4 Å². The van der Waals surface area contributed by atoms with Crippen LogP contribution in [0, 0.1) is 0 Å². The SMILES string of the molecule is C=C(C)C(=O)OCOP(=O)(OCOC(=O)C(=C)C)Oc1ccccc1. The second-order valence-corrected chi connectivity index (χ2v) is 6.36. The van der Waals surface area contributed by atoms with Crippen LogP contribution in [0.1, 0.15) is 13.8 Å². The van der Waals surface area contributed by atoms with E-state index in [1.54, 1.807) is 18.2 Å².